The normalized spacial score (nSPS) is 20.7. The van der Waals surface area contributed by atoms with E-state index in [4.69, 9.17) is 5.73 Å². The van der Waals surface area contributed by atoms with Gasteiger partial charge in [0, 0.05) is 19.1 Å². The molecule has 1 atom stereocenters. The van der Waals surface area contributed by atoms with Crippen molar-refractivity contribution in [1.82, 2.24) is 4.31 Å². The molecule has 0 bridgehead atoms. The van der Waals surface area contributed by atoms with Crippen molar-refractivity contribution < 1.29 is 8.42 Å². The second-order valence-corrected chi connectivity index (χ2v) is 7.77. The van der Waals surface area contributed by atoms with Gasteiger partial charge in [-0.2, -0.15) is 4.31 Å². The molecular weight excluding hydrogens is 284 g/mol. The van der Waals surface area contributed by atoms with Gasteiger partial charge in [-0.1, -0.05) is 19.4 Å². The van der Waals surface area contributed by atoms with Crippen LogP contribution in [0.1, 0.15) is 49.3 Å². The lowest BCUT2D eigenvalue weighted by Crippen LogP contribution is -2.43. The van der Waals surface area contributed by atoms with E-state index in [1.54, 1.807) is 10.4 Å². The van der Waals surface area contributed by atoms with Gasteiger partial charge in [-0.3, -0.25) is 0 Å². The quantitative estimate of drug-likeness (QED) is 0.930. The third kappa shape index (κ3) is 3.15. The molecule has 1 aliphatic rings. The van der Waals surface area contributed by atoms with E-state index >= 15 is 0 Å². The van der Waals surface area contributed by atoms with E-state index < -0.39 is 10.0 Å². The van der Waals surface area contributed by atoms with Crippen LogP contribution in [0, 0.1) is 13.8 Å². The van der Waals surface area contributed by atoms with Gasteiger partial charge in [-0.05, 0) is 55.9 Å². The number of sulfonamides is 1. The van der Waals surface area contributed by atoms with Gasteiger partial charge in [0.15, 0.2) is 0 Å². The minimum atomic E-state index is -3.43. The van der Waals surface area contributed by atoms with Crippen LogP contribution in [0.15, 0.2) is 17.0 Å². The zero-order chi connectivity index (χ0) is 15.6. The Kier molecular flexibility index (Phi) is 5.07. The number of rotatable bonds is 4. The summed E-state index contributed by atoms with van der Waals surface area (Å²) >= 11 is 0. The molecule has 1 fully saturated rings. The molecule has 1 saturated heterocycles. The molecule has 5 heteroatoms. The maximum absolute atomic E-state index is 13.1. The molecule has 2 rings (SSSR count). The SMILES string of the molecule is CCC1CCCCN1S(=O)(=O)c1cc(CN)cc(C)c1C. The molecule has 1 heterocycles. The average molecular weight is 310 g/mol. The van der Waals surface area contributed by atoms with Gasteiger partial charge in [0.1, 0.15) is 0 Å². The van der Waals surface area contributed by atoms with Gasteiger partial charge in [0.05, 0.1) is 4.90 Å². The first-order valence-corrected chi connectivity index (χ1v) is 9.17. The van der Waals surface area contributed by atoms with Crippen molar-refractivity contribution in [1.29, 1.82) is 0 Å². The largest absolute Gasteiger partial charge is 0.326 e. The number of benzene rings is 1. The van der Waals surface area contributed by atoms with E-state index in [-0.39, 0.29) is 6.04 Å². The predicted molar refractivity (Wildman–Crippen MR) is 85.6 cm³/mol. The van der Waals surface area contributed by atoms with Gasteiger partial charge < -0.3 is 5.73 Å². The van der Waals surface area contributed by atoms with E-state index in [1.165, 1.54) is 0 Å². The maximum atomic E-state index is 13.1. The summed E-state index contributed by atoms with van der Waals surface area (Å²) in [5, 5.41) is 0. The molecule has 0 aliphatic carbocycles. The van der Waals surface area contributed by atoms with Crippen LogP contribution in [0.25, 0.3) is 0 Å². The molecule has 21 heavy (non-hydrogen) atoms. The first kappa shape index (κ1) is 16.5. The minimum absolute atomic E-state index is 0.130. The highest BCUT2D eigenvalue weighted by Crippen LogP contribution is 2.30. The van der Waals surface area contributed by atoms with Crippen LogP contribution < -0.4 is 5.73 Å². The van der Waals surface area contributed by atoms with Crippen LogP contribution in [-0.4, -0.2) is 25.3 Å². The highest BCUT2D eigenvalue weighted by molar-refractivity contribution is 7.89. The lowest BCUT2D eigenvalue weighted by Gasteiger charge is -2.34. The summed E-state index contributed by atoms with van der Waals surface area (Å²) in [6, 6.07) is 3.85. The standard InChI is InChI=1S/C16H26N2O2S/c1-4-15-7-5-6-8-18(15)21(19,20)16-10-14(11-17)9-12(2)13(16)3/h9-10,15H,4-8,11,17H2,1-3H3. The van der Waals surface area contributed by atoms with Crippen LogP contribution in [0.3, 0.4) is 0 Å². The number of nitrogens with zero attached hydrogens (tertiary/aromatic N) is 1. The number of nitrogens with two attached hydrogens (primary N) is 1. The third-order valence-corrected chi connectivity index (χ3v) is 6.62. The molecule has 1 unspecified atom stereocenters. The molecule has 1 aromatic carbocycles. The zero-order valence-electron chi connectivity index (χ0n) is 13.2. The fourth-order valence-corrected chi connectivity index (χ4v) is 5.23. The second-order valence-electron chi connectivity index (χ2n) is 5.91. The van der Waals surface area contributed by atoms with Crippen LogP contribution in [-0.2, 0) is 16.6 Å². The Morgan fingerprint density at radius 1 is 1.29 bits per heavy atom. The summed E-state index contributed by atoms with van der Waals surface area (Å²) in [6.07, 6.45) is 3.90. The molecular formula is C16H26N2O2S. The van der Waals surface area contributed by atoms with Gasteiger partial charge >= 0.3 is 0 Å². The van der Waals surface area contributed by atoms with Crippen LogP contribution in [0.4, 0.5) is 0 Å². The van der Waals surface area contributed by atoms with E-state index in [1.807, 2.05) is 19.9 Å². The van der Waals surface area contributed by atoms with Crippen molar-refractivity contribution >= 4 is 10.0 Å². The van der Waals surface area contributed by atoms with Crippen molar-refractivity contribution in [3.8, 4) is 0 Å². The van der Waals surface area contributed by atoms with E-state index in [2.05, 4.69) is 6.92 Å². The maximum Gasteiger partial charge on any atom is 0.243 e. The lowest BCUT2D eigenvalue weighted by molar-refractivity contribution is 0.246. The summed E-state index contributed by atoms with van der Waals surface area (Å²) in [5.41, 5.74) is 8.41. The highest BCUT2D eigenvalue weighted by atomic mass is 32.2. The van der Waals surface area contributed by atoms with Gasteiger partial charge in [-0.25, -0.2) is 8.42 Å². The summed E-state index contributed by atoms with van der Waals surface area (Å²) in [5.74, 6) is 0. The molecule has 2 N–H and O–H groups in total. The Balaban J connectivity index is 2.50. The fourth-order valence-electron chi connectivity index (χ4n) is 3.11. The molecule has 0 radical (unpaired) electrons. The van der Waals surface area contributed by atoms with E-state index in [0.29, 0.717) is 18.0 Å². The Bertz CT molecular complexity index is 611. The first-order chi connectivity index (χ1) is 9.91. The Labute approximate surface area is 128 Å². The van der Waals surface area contributed by atoms with Crippen LogP contribution in [0.2, 0.25) is 0 Å². The molecule has 0 aromatic heterocycles. The smallest absolute Gasteiger partial charge is 0.243 e. The Hall–Kier alpha value is -0.910. The number of hydrogen-bond acceptors (Lipinski definition) is 3. The molecule has 118 valence electrons. The molecule has 0 amide bonds. The second kappa shape index (κ2) is 6.46. The lowest BCUT2D eigenvalue weighted by atomic mass is 10.0. The van der Waals surface area contributed by atoms with E-state index in [9.17, 15) is 8.42 Å². The summed E-state index contributed by atoms with van der Waals surface area (Å²) in [4.78, 5) is 0.434. The summed E-state index contributed by atoms with van der Waals surface area (Å²) < 4.78 is 27.9. The number of hydrogen-bond donors (Lipinski definition) is 1. The van der Waals surface area contributed by atoms with Crippen molar-refractivity contribution in [3.63, 3.8) is 0 Å². The number of piperidine rings is 1. The Morgan fingerprint density at radius 2 is 2.00 bits per heavy atom. The van der Waals surface area contributed by atoms with Crippen molar-refractivity contribution in [2.24, 2.45) is 5.73 Å². The summed E-state index contributed by atoms with van der Waals surface area (Å²) in [7, 11) is -3.43. The molecule has 1 aliphatic heterocycles. The topological polar surface area (TPSA) is 63.4 Å². The monoisotopic (exact) mass is 310 g/mol. The zero-order valence-corrected chi connectivity index (χ0v) is 14.0. The molecule has 1 aromatic rings. The third-order valence-electron chi connectivity index (χ3n) is 4.55. The minimum Gasteiger partial charge on any atom is -0.326 e. The Morgan fingerprint density at radius 3 is 2.62 bits per heavy atom. The molecule has 0 spiro atoms. The number of aryl methyl sites for hydroxylation is 1. The fraction of sp³-hybridized carbons (Fsp3) is 0.625. The first-order valence-electron chi connectivity index (χ1n) is 7.73. The van der Waals surface area contributed by atoms with Gasteiger partial charge in [0.2, 0.25) is 10.0 Å². The van der Waals surface area contributed by atoms with Crippen molar-refractivity contribution in [2.75, 3.05) is 6.54 Å². The van der Waals surface area contributed by atoms with Crippen molar-refractivity contribution in [2.45, 2.75) is 63.9 Å². The molecule has 4 nitrogen and oxygen atoms in total. The summed E-state index contributed by atoms with van der Waals surface area (Å²) in [6.45, 7) is 6.88. The average Bonchev–Trinajstić information content (AvgIpc) is 2.49. The van der Waals surface area contributed by atoms with E-state index in [0.717, 1.165) is 42.4 Å². The van der Waals surface area contributed by atoms with Crippen LogP contribution >= 0.6 is 0 Å². The van der Waals surface area contributed by atoms with Crippen molar-refractivity contribution in [3.05, 3.63) is 28.8 Å². The van der Waals surface area contributed by atoms with Gasteiger partial charge in [-0.15, -0.1) is 0 Å². The van der Waals surface area contributed by atoms with Crippen LogP contribution in [0.5, 0.6) is 0 Å². The predicted octanol–water partition coefficient (Wildman–Crippen LogP) is 2.72. The molecule has 0 saturated carbocycles. The highest BCUT2D eigenvalue weighted by Gasteiger charge is 2.33. The van der Waals surface area contributed by atoms with Gasteiger partial charge in [0.25, 0.3) is 0 Å².